The summed E-state index contributed by atoms with van der Waals surface area (Å²) in [6, 6.07) is 0. The normalized spacial score (nSPS) is 52.6. The van der Waals surface area contributed by atoms with Crippen LogP contribution < -0.4 is 0 Å². The molecule has 1 nitrogen and oxygen atoms in total. The highest BCUT2D eigenvalue weighted by atomic mass is 16.5. The van der Waals surface area contributed by atoms with Gasteiger partial charge in [-0.1, -0.05) is 30.4 Å². The molecule has 0 aromatic rings. The summed E-state index contributed by atoms with van der Waals surface area (Å²) in [5.74, 6) is 2.68. The van der Waals surface area contributed by atoms with E-state index in [1.807, 2.05) is 13.2 Å². The summed E-state index contributed by atoms with van der Waals surface area (Å²) in [6.45, 7) is 3.95. The number of allylic oxidation sites excluding steroid dienone is 3. The lowest BCUT2D eigenvalue weighted by Gasteiger charge is -2.29. The molecule has 0 aromatic carbocycles. The molecule has 0 N–H and O–H groups in total. The molecule has 0 aliphatic heterocycles. The van der Waals surface area contributed by atoms with Crippen molar-refractivity contribution in [2.24, 2.45) is 23.7 Å². The van der Waals surface area contributed by atoms with E-state index in [0.717, 1.165) is 12.3 Å². The third-order valence-corrected chi connectivity index (χ3v) is 4.32. The van der Waals surface area contributed by atoms with Crippen molar-refractivity contribution in [3.63, 3.8) is 0 Å². The Balaban J connectivity index is 2.04. The number of methoxy groups -OCH3 is 1. The first-order valence-electron chi connectivity index (χ1n) is 5.36. The zero-order valence-corrected chi connectivity index (χ0v) is 8.52. The summed E-state index contributed by atoms with van der Waals surface area (Å²) in [5, 5.41) is 0. The number of ether oxygens (including phenoxy) is 1. The second kappa shape index (κ2) is 2.60. The molecule has 1 saturated carbocycles. The van der Waals surface area contributed by atoms with E-state index in [0.29, 0.717) is 17.8 Å². The maximum atomic E-state index is 5.71. The lowest BCUT2D eigenvalue weighted by atomic mass is 9.85. The number of hydrogen-bond donors (Lipinski definition) is 0. The van der Waals surface area contributed by atoms with Crippen LogP contribution in [0.1, 0.15) is 6.42 Å². The Hall–Kier alpha value is -0.820. The Morgan fingerprint density at radius 1 is 1.36 bits per heavy atom. The topological polar surface area (TPSA) is 9.23 Å². The van der Waals surface area contributed by atoms with Gasteiger partial charge >= 0.3 is 0 Å². The van der Waals surface area contributed by atoms with Crippen molar-refractivity contribution < 1.29 is 4.74 Å². The van der Waals surface area contributed by atoms with Gasteiger partial charge in [-0.05, 0) is 24.2 Å². The molecule has 0 aromatic heterocycles. The molecule has 0 saturated heterocycles. The second-order valence-corrected chi connectivity index (χ2v) is 4.68. The van der Waals surface area contributed by atoms with Gasteiger partial charge in [0.1, 0.15) is 0 Å². The van der Waals surface area contributed by atoms with Crippen molar-refractivity contribution in [3.05, 3.63) is 37.0 Å². The molecule has 0 heterocycles. The average Bonchev–Trinajstić information content (AvgIpc) is 2.85. The van der Waals surface area contributed by atoms with Crippen LogP contribution in [0.5, 0.6) is 0 Å². The van der Waals surface area contributed by atoms with E-state index in [-0.39, 0.29) is 5.60 Å². The molecule has 0 bridgehead atoms. The summed E-state index contributed by atoms with van der Waals surface area (Å²) < 4.78 is 5.71. The minimum absolute atomic E-state index is 0.0919. The Kier molecular flexibility index (Phi) is 1.58. The Morgan fingerprint density at radius 2 is 2.14 bits per heavy atom. The van der Waals surface area contributed by atoms with Crippen LogP contribution in [0.3, 0.4) is 0 Å². The van der Waals surface area contributed by atoms with E-state index in [4.69, 9.17) is 4.74 Å². The molecule has 74 valence electrons. The first-order chi connectivity index (χ1) is 6.80. The van der Waals surface area contributed by atoms with Crippen molar-refractivity contribution >= 4 is 0 Å². The van der Waals surface area contributed by atoms with Gasteiger partial charge in [-0.2, -0.15) is 0 Å². The number of hydrogen-bond acceptors (Lipinski definition) is 1. The van der Waals surface area contributed by atoms with Crippen molar-refractivity contribution in [1.29, 1.82) is 0 Å². The van der Waals surface area contributed by atoms with Gasteiger partial charge in [0.05, 0.1) is 5.60 Å². The minimum atomic E-state index is -0.0919. The molecule has 5 atom stereocenters. The summed E-state index contributed by atoms with van der Waals surface area (Å²) in [4.78, 5) is 0. The van der Waals surface area contributed by atoms with E-state index < -0.39 is 0 Å². The van der Waals surface area contributed by atoms with Gasteiger partial charge < -0.3 is 4.74 Å². The second-order valence-electron chi connectivity index (χ2n) is 4.68. The maximum Gasteiger partial charge on any atom is 0.0927 e. The van der Waals surface area contributed by atoms with Crippen LogP contribution >= 0.6 is 0 Å². The van der Waals surface area contributed by atoms with Gasteiger partial charge in [0.2, 0.25) is 0 Å². The van der Waals surface area contributed by atoms with Crippen molar-refractivity contribution in [2.45, 2.75) is 12.0 Å². The van der Waals surface area contributed by atoms with Crippen LogP contribution in [0.25, 0.3) is 0 Å². The molecule has 3 aliphatic carbocycles. The predicted molar refractivity (Wildman–Crippen MR) is 56.8 cm³/mol. The standard InChI is InChI=1S/C13H16O/c1-3-13(14-2)8-10-5-4-9-6-7-11(13)12(9)10/h3-7,9-12H,1,8H2,2H3/t9-,10+,11+,12-,13+/m1/s1. The summed E-state index contributed by atoms with van der Waals surface area (Å²) in [6.07, 6.45) is 12.5. The molecule has 3 aliphatic rings. The maximum absolute atomic E-state index is 5.71. The zero-order chi connectivity index (χ0) is 9.76. The van der Waals surface area contributed by atoms with Gasteiger partial charge in [0.15, 0.2) is 0 Å². The quantitative estimate of drug-likeness (QED) is 0.605. The summed E-state index contributed by atoms with van der Waals surface area (Å²) in [5.41, 5.74) is -0.0919. The van der Waals surface area contributed by atoms with E-state index in [9.17, 15) is 0 Å². The van der Waals surface area contributed by atoms with E-state index in [2.05, 4.69) is 30.9 Å². The molecular formula is C13H16O. The van der Waals surface area contributed by atoms with Crippen LogP contribution in [-0.2, 0) is 4.74 Å². The number of rotatable bonds is 2. The minimum Gasteiger partial charge on any atom is -0.374 e. The van der Waals surface area contributed by atoms with E-state index in [1.54, 1.807) is 0 Å². The highest BCUT2D eigenvalue weighted by Gasteiger charge is 2.55. The smallest absolute Gasteiger partial charge is 0.0927 e. The SMILES string of the molecule is C=C[C@]1(OC)C[C@@H]2C=C[C@@H]3C=C[C@H]1[C@H]32. The molecule has 3 rings (SSSR count). The third kappa shape index (κ3) is 0.795. The lowest BCUT2D eigenvalue weighted by molar-refractivity contribution is 0.00881. The summed E-state index contributed by atoms with van der Waals surface area (Å²) >= 11 is 0. The highest BCUT2D eigenvalue weighted by Crippen LogP contribution is 2.57. The summed E-state index contributed by atoms with van der Waals surface area (Å²) in [7, 11) is 1.81. The van der Waals surface area contributed by atoms with Gasteiger partial charge in [-0.25, -0.2) is 0 Å². The van der Waals surface area contributed by atoms with E-state index in [1.165, 1.54) is 0 Å². The van der Waals surface area contributed by atoms with Crippen LogP contribution in [0.4, 0.5) is 0 Å². The first-order valence-corrected chi connectivity index (χ1v) is 5.36. The van der Waals surface area contributed by atoms with Crippen LogP contribution in [0.15, 0.2) is 37.0 Å². The van der Waals surface area contributed by atoms with Gasteiger partial charge in [0.25, 0.3) is 0 Å². The van der Waals surface area contributed by atoms with Gasteiger partial charge in [0, 0.05) is 13.0 Å². The average molecular weight is 188 g/mol. The lowest BCUT2D eigenvalue weighted by Crippen LogP contribution is -2.33. The largest absolute Gasteiger partial charge is 0.374 e. The van der Waals surface area contributed by atoms with Crippen molar-refractivity contribution in [2.75, 3.05) is 7.11 Å². The van der Waals surface area contributed by atoms with Crippen molar-refractivity contribution in [1.82, 2.24) is 0 Å². The fourth-order valence-corrected chi connectivity index (χ4v) is 3.61. The zero-order valence-electron chi connectivity index (χ0n) is 8.52. The first kappa shape index (κ1) is 8.49. The van der Waals surface area contributed by atoms with Gasteiger partial charge in [-0.3, -0.25) is 0 Å². The Labute approximate surface area is 85.1 Å². The van der Waals surface area contributed by atoms with Gasteiger partial charge in [-0.15, -0.1) is 6.58 Å². The molecule has 0 amide bonds. The fourth-order valence-electron chi connectivity index (χ4n) is 3.61. The molecule has 14 heavy (non-hydrogen) atoms. The molecule has 0 spiro atoms. The molecule has 0 unspecified atom stereocenters. The van der Waals surface area contributed by atoms with Crippen molar-refractivity contribution in [3.8, 4) is 0 Å². The predicted octanol–water partition coefficient (Wildman–Crippen LogP) is 2.57. The monoisotopic (exact) mass is 188 g/mol. The van der Waals surface area contributed by atoms with Crippen LogP contribution in [0.2, 0.25) is 0 Å². The molecule has 0 radical (unpaired) electrons. The van der Waals surface area contributed by atoms with Crippen LogP contribution in [0, 0.1) is 23.7 Å². The van der Waals surface area contributed by atoms with Crippen LogP contribution in [-0.4, -0.2) is 12.7 Å². The van der Waals surface area contributed by atoms with E-state index >= 15 is 0 Å². The Bertz CT molecular complexity index is 328. The fraction of sp³-hybridized carbons (Fsp3) is 0.538. The molecular weight excluding hydrogens is 172 g/mol. The molecule has 1 fully saturated rings. The highest BCUT2D eigenvalue weighted by molar-refractivity contribution is 5.31. The Morgan fingerprint density at radius 3 is 2.86 bits per heavy atom. The molecule has 1 heteroatoms. The third-order valence-electron chi connectivity index (χ3n) is 4.32.